The van der Waals surface area contributed by atoms with Crippen LogP contribution in [0.15, 0.2) is 12.1 Å². The lowest BCUT2D eigenvalue weighted by atomic mass is 9.97. The first-order valence-corrected chi connectivity index (χ1v) is 10.0. The molecule has 24 heavy (non-hydrogen) atoms. The highest BCUT2D eigenvalue weighted by Crippen LogP contribution is 2.22. The molecule has 0 spiro atoms. The monoisotopic (exact) mass is 445 g/mol. The zero-order valence-corrected chi connectivity index (χ0v) is 18.7. The van der Waals surface area contributed by atoms with Crippen LogP contribution in [-0.2, 0) is 6.42 Å². The Hall–Kier alpha value is -0.250. The maximum Gasteiger partial charge on any atom is 0.0351 e. The minimum atomic E-state index is 0. The molecule has 0 aliphatic carbocycles. The molecule has 0 aromatic heterocycles. The highest BCUT2D eigenvalue weighted by atomic mass is 127. The predicted molar refractivity (Wildman–Crippen MR) is 121 cm³/mol. The van der Waals surface area contributed by atoms with E-state index < -0.39 is 0 Å². The van der Waals surface area contributed by atoms with Crippen molar-refractivity contribution in [3.05, 3.63) is 28.8 Å². The second-order valence-corrected chi connectivity index (χ2v) is 7.29. The quantitative estimate of drug-likeness (QED) is 0.188. The van der Waals surface area contributed by atoms with Gasteiger partial charge in [-0.25, -0.2) is 0 Å². The Balaban J connectivity index is 0.00000529. The Morgan fingerprint density at radius 1 is 0.708 bits per heavy atom. The van der Waals surface area contributed by atoms with Crippen LogP contribution in [0.3, 0.4) is 0 Å². The summed E-state index contributed by atoms with van der Waals surface area (Å²) in [7, 11) is 0. The molecular formula is C22H40IN. The van der Waals surface area contributed by atoms with E-state index >= 15 is 0 Å². The number of benzene rings is 1. The summed E-state index contributed by atoms with van der Waals surface area (Å²) in [6.07, 6.45) is 18.0. The van der Waals surface area contributed by atoms with E-state index in [-0.39, 0.29) is 24.0 Å². The molecule has 0 atom stereocenters. The van der Waals surface area contributed by atoms with E-state index in [0.29, 0.717) is 0 Å². The Morgan fingerprint density at radius 3 is 1.62 bits per heavy atom. The lowest BCUT2D eigenvalue weighted by molar-refractivity contribution is 0.544. The fourth-order valence-corrected chi connectivity index (χ4v) is 3.51. The molecule has 0 saturated carbocycles. The highest BCUT2D eigenvalue weighted by molar-refractivity contribution is 14.0. The third-order valence-corrected chi connectivity index (χ3v) is 4.93. The molecule has 140 valence electrons. The lowest BCUT2D eigenvalue weighted by Crippen LogP contribution is -1.99. The first kappa shape index (κ1) is 23.8. The number of hydrogen-bond donors (Lipinski definition) is 1. The molecule has 2 N–H and O–H groups in total. The van der Waals surface area contributed by atoms with Gasteiger partial charge >= 0.3 is 0 Å². The van der Waals surface area contributed by atoms with Crippen molar-refractivity contribution >= 4 is 29.7 Å². The minimum absolute atomic E-state index is 0. The van der Waals surface area contributed by atoms with Gasteiger partial charge < -0.3 is 5.73 Å². The lowest BCUT2D eigenvalue weighted by Gasteiger charge is -2.11. The van der Waals surface area contributed by atoms with Crippen LogP contribution in [0.1, 0.15) is 101 Å². The standard InChI is InChI=1S/C22H39N.HI/c1-4-5-6-7-8-9-10-11-12-13-14-15-16-21-20(3)17-19(2)18-22(21)23;/h17-18H,4-16,23H2,1-3H3;1H. The largest absolute Gasteiger partial charge is 0.398 e. The van der Waals surface area contributed by atoms with Gasteiger partial charge in [0, 0.05) is 5.69 Å². The van der Waals surface area contributed by atoms with Crippen LogP contribution in [0.4, 0.5) is 5.69 Å². The molecular weight excluding hydrogens is 405 g/mol. The summed E-state index contributed by atoms with van der Waals surface area (Å²) in [5.41, 5.74) is 11.2. The average molecular weight is 445 g/mol. The number of halogens is 1. The zero-order valence-electron chi connectivity index (χ0n) is 16.3. The van der Waals surface area contributed by atoms with E-state index in [1.807, 2.05) is 0 Å². The van der Waals surface area contributed by atoms with Crippen molar-refractivity contribution in [1.82, 2.24) is 0 Å². The number of nitrogen functional groups attached to an aromatic ring is 1. The number of nitrogens with two attached hydrogens (primary N) is 1. The van der Waals surface area contributed by atoms with Crippen LogP contribution in [0.2, 0.25) is 0 Å². The predicted octanol–water partition coefficient (Wildman–Crippen LogP) is 7.75. The summed E-state index contributed by atoms with van der Waals surface area (Å²) in [6.45, 7) is 6.60. The van der Waals surface area contributed by atoms with Crippen LogP contribution in [-0.4, -0.2) is 0 Å². The number of rotatable bonds is 13. The summed E-state index contributed by atoms with van der Waals surface area (Å²) in [6, 6.07) is 4.37. The van der Waals surface area contributed by atoms with Crippen molar-refractivity contribution < 1.29 is 0 Å². The molecule has 0 saturated heterocycles. The van der Waals surface area contributed by atoms with Crippen LogP contribution in [0.5, 0.6) is 0 Å². The van der Waals surface area contributed by atoms with E-state index in [1.165, 1.54) is 93.7 Å². The van der Waals surface area contributed by atoms with Gasteiger partial charge in [-0.3, -0.25) is 0 Å². The van der Waals surface area contributed by atoms with E-state index in [0.717, 1.165) is 12.1 Å². The molecule has 0 radical (unpaired) electrons. The van der Waals surface area contributed by atoms with Gasteiger partial charge in [0.25, 0.3) is 0 Å². The first-order valence-electron chi connectivity index (χ1n) is 10.0. The van der Waals surface area contributed by atoms with Crippen molar-refractivity contribution in [3.8, 4) is 0 Å². The van der Waals surface area contributed by atoms with Gasteiger partial charge in [0.1, 0.15) is 0 Å². The molecule has 0 aliphatic rings. The molecule has 0 heterocycles. The van der Waals surface area contributed by atoms with Gasteiger partial charge in [-0.1, -0.05) is 83.6 Å². The van der Waals surface area contributed by atoms with Gasteiger partial charge in [0.05, 0.1) is 0 Å². The average Bonchev–Trinajstić information content (AvgIpc) is 2.50. The van der Waals surface area contributed by atoms with Gasteiger partial charge in [-0.15, -0.1) is 24.0 Å². The zero-order chi connectivity index (χ0) is 16.9. The molecule has 1 nitrogen and oxygen atoms in total. The Labute approximate surface area is 168 Å². The third kappa shape index (κ3) is 10.6. The van der Waals surface area contributed by atoms with Crippen molar-refractivity contribution in [1.29, 1.82) is 0 Å². The number of aryl methyl sites for hydroxylation is 2. The SMILES string of the molecule is CCCCCCCCCCCCCCc1c(C)cc(C)cc1N.I. The summed E-state index contributed by atoms with van der Waals surface area (Å²) in [5, 5.41) is 0. The number of anilines is 1. The summed E-state index contributed by atoms with van der Waals surface area (Å²) in [5.74, 6) is 0. The van der Waals surface area contributed by atoms with Crippen molar-refractivity contribution in [2.75, 3.05) is 5.73 Å². The summed E-state index contributed by atoms with van der Waals surface area (Å²) < 4.78 is 0. The Morgan fingerprint density at radius 2 is 1.17 bits per heavy atom. The van der Waals surface area contributed by atoms with Gasteiger partial charge in [-0.05, 0) is 49.4 Å². The molecule has 2 heteroatoms. The summed E-state index contributed by atoms with van der Waals surface area (Å²) in [4.78, 5) is 0. The molecule has 1 rings (SSSR count). The van der Waals surface area contributed by atoms with Gasteiger partial charge in [0.2, 0.25) is 0 Å². The fourth-order valence-electron chi connectivity index (χ4n) is 3.51. The van der Waals surface area contributed by atoms with E-state index in [9.17, 15) is 0 Å². The molecule has 0 bridgehead atoms. The minimum Gasteiger partial charge on any atom is -0.398 e. The molecule has 0 unspecified atom stereocenters. The van der Waals surface area contributed by atoms with E-state index in [4.69, 9.17) is 5.73 Å². The van der Waals surface area contributed by atoms with Gasteiger partial charge in [-0.2, -0.15) is 0 Å². The van der Waals surface area contributed by atoms with Crippen molar-refractivity contribution in [2.24, 2.45) is 0 Å². The normalized spacial score (nSPS) is 10.6. The molecule has 0 amide bonds. The van der Waals surface area contributed by atoms with Crippen LogP contribution in [0, 0.1) is 13.8 Å². The Kier molecular flexibility index (Phi) is 14.9. The van der Waals surface area contributed by atoms with Crippen molar-refractivity contribution in [2.45, 2.75) is 104 Å². The van der Waals surface area contributed by atoms with Crippen LogP contribution >= 0.6 is 24.0 Å². The second-order valence-electron chi connectivity index (χ2n) is 7.29. The Bertz CT molecular complexity index is 405. The maximum absolute atomic E-state index is 6.16. The van der Waals surface area contributed by atoms with E-state index in [2.05, 4.69) is 32.9 Å². The molecule has 0 fully saturated rings. The number of hydrogen-bond acceptors (Lipinski definition) is 1. The first-order chi connectivity index (χ1) is 11.1. The molecule has 1 aromatic rings. The fraction of sp³-hybridized carbons (Fsp3) is 0.727. The smallest absolute Gasteiger partial charge is 0.0351 e. The van der Waals surface area contributed by atoms with Crippen LogP contribution < -0.4 is 5.73 Å². The van der Waals surface area contributed by atoms with Crippen LogP contribution in [0.25, 0.3) is 0 Å². The third-order valence-electron chi connectivity index (χ3n) is 4.93. The van der Waals surface area contributed by atoms with Crippen molar-refractivity contribution in [3.63, 3.8) is 0 Å². The summed E-state index contributed by atoms with van der Waals surface area (Å²) >= 11 is 0. The topological polar surface area (TPSA) is 26.0 Å². The molecule has 1 aromatic carbocycles. The maximum atomic E-state index is 6.16. The van der Waals surface area contributed by atoms with E-state index in [1.54, 1.807) is 0 Å². The molecule has 0 aliphatic heterocycles. The number of unbranched alkanes of at least 4 members (excludes halogenated alkanes) is 11. The second kappa shape index (κ2) is 15.0. The highest BCUT2D eigenvalue weighted by Gasteiger charge is 2.04. The van der Waals surface area contributed by atoms with Gasteiger partial charge in [0.15, 0.2) is 0 Å².